The van der Waals surface area contributed by atoms with E-state index in [1.54, 1.807) is 0 Å². The minimum absolute atomic E-state index is 0.359. The van der Waals surface area contributed by atoms with Gasteiger partial charge in [-0.05, 0) is 5.92 Å². The van der Waals surface area contributed by atoms with E-state index < -0.39 is 0 Å². The second-order valence-electron chi connectivity index (χ2n) is 1.74. The maximum Gasteiger partial charge on any atom is 0.120 e. The molecule has 0 spiro atoms. The van der Waals surface area contributed by atoms with Crippen LogP contribution in [0.1, 0.15) is 13.3 Å². The van der Waals surface area contributed by atoms with Gasteiger partial charge >= 0.3 is 0 Å². The van der Waals surface area contributed by atoms with Crippen LogP contribution in [0.5, 0.6) is 0 Å². The Kier molecular flexibility index (Phi) is 3.76. The molecule has 0 N–H and O–H groups in total. The van der Waals surface area contributed by atoms with E-state index in [1.165, 1.54) is 0 Å². The van der Waals surface area contributed by atoms with Crippen molar-refractivity contribution in [3.8, 4) is 0 Å². The lowest BCUT2D eigenvalue weighted by Crippen LogP contribution is -1.92. The van der Waals surface area contributed by atoms with Gasteiger partial charge in [-0.25, -0.2) is 0 Å². The number of hydrogen-bond donors (Lipinski definition) is 0. The second kappa shape index (κ2) is 3.91. The molecule has 2 heteroatoms. The molecule has 1 atom stereocenters. The molecule has 1 nitrogen and oxygen atoms in total. The van der Waals surface area contributed by atoms with Gasteiger partial charge in [-0.1, -0.05) is 13.2 Å². The summed E-state index contributed by atoms with van der Waals surface area (Å²) in [5.41, 5.74) is 0. The molecule has 0 aromatic heterocycles. The lowest BCUT2D eigenvalue weighted by molar-refractivity contribution is -0.108. The Hall–Kier alpha value is -0.265. The Morgan fingerprint density at radius 2 is 2.43 bits per heavy atom. The molecule has 0 bridgehead atoms. The summed E-state index contributed by atoms with van der Waals surface area (Å²) in [5.74, 6) is 0.359. The van der Waals surface area contributed by atoms with E-state index >= 15 is 0 Å². The van der Waals surface area contributed by atoms with Crippen LogP contribution in [0.25, 0.3) is 0 Å². The molecule has 0 saturated heterocycles. The summed E-state index contributed by atoms with van der Waals surface area (Å²) < 4.78 is 0. The van der Waals surface area contributed by atoms with E-state index in [9.17, 15) is 4.79 Å². The molecular weight excluding hydrogens is 86.9 g/mol. The normalized spacial score (nSPS) is 13.3. The molecule has 0 amide bonds. The van der Waals surface area contributed by atoms with Crippen LogP contribution in [0.4, 0.5) is 0 Å². The lowest BCUT2D eigenvalue weighted by atomic mass is 9.91. The summed E-state index contributed by atoms with van der Waals surface area (Å²) in [7, 11) is 5.20. The highest BCUT2D eigenvalue weighted by molar-refractivity contribution is 6.08. The minimum Gasteiger partial charge on any atom is -0.303 e. The molecule has 0 aromatic carbocycles. The van der Waals surface area contributed by atoms with Crippen molar-refractivity contribution in [2.45, 2.75) is 19.7 Å². The van der Waals surface area contributed by atoms with Crippen molar-refractivity contribution in [1.29, 1.82) is 0 Å². The molecule has 1 unspecified atom stereocenters. The molecule has 0 aliphatic heterocycles. The van der Waals surface area contributed by atoms with Gasteiger partial charge in [0.05, 0.1) is 7.85 Å². The van der Waals surface area contributed by atoms with E-state index in [1.807, 2.05) is 6.92 Å². The van der Waals surface area contributed by atoms with Gasteiger partial charge in [-0.15, -0.1) is 0 Å². The van der Waals surface area contributed by atoms with E-state index in [0.717, 1.165) is 6.29 Å². The van der Waals surface area contributed by atoms with Crippen molar-refractivity contribution < 1.29 is 4.79 Å². The molecule has 38 valence electrons. The third-order valence-electron chi connectivity index (χ3n) is 0.901. The van der Waals surface area contributed by atoms with Crippen molar-refractivity contribution >= 4 is 14.1 Å². The molecule has 0 fully saturated rings. The van der Waals surface area contributed by atoms with Gasteiger partial charge in [-0.3, -0.25) is 0 Å². The highest BCUT2D eigenvalue weighted by Gasteiger charge is 1.92. The molecule has 0 aliphatic carbocycles. The van der Waals surface area contributed by atoms with Crippen molar-refractivity contribution in [3.63, 3.8) is 0 Å². The summed E-state index contributed by atoms with van der Waals surface area (Å²) in [6.45, 7) is 1.95. The van der Waals surface area contributed by atoms with Gasteiger partial charge in [0.25, 0.3) is 0 Å². The Labute approximate surface area is 45.5 Å². The third kappa shape index (κ3) is 3.57. The third-order valence-corrected chi connectivity index (χ3v) is 0.901. The van der Waals surface area contributed by atoms with E-state index in [2.05, 4.69) is 0 Å². The Bertz CT molecular complexity index is 54.0. The summed E-state index contributed by atoms with van der Waals surface area (Å²) in [5, 5.41) is 0. The predicted molar refractivity (Wildman–Crippen MR) is 30.4 cm³/mol. The van der Waals surface area contributed by atoms with Gasteiger partial charge in [0.15, 0.2) is 0 Å². The largest absolute Gasteiger partial charge is 0.303 e. The number of carbonyl (C=O) groups is 1. The average molecular weight is 95.9 g/mol. The van der Waals surface area contributed by atoms with Gasteiger partial charge in [0, 0.05) is 6.42 Å². The van der Waals surface area contributed by atoms with E-state index in [4.69, 9.17) is 7.85 Å². The smallest absolute Gasteiger partial charge is 0.120 e. The van der Waals surface area contributed by atoms with Crippen LogP contribution in [0.3, 0.4) is 0 Å². The number of carbonyl (C=O) groups excluding carboxylic acids is 1. The fourth-order valence-corrected chi connectivity index (χ4v) is 0.260. The minimum atomic E-state index is 0.359. The van der Waals surface area contributed by atoms with Crippen molar-refractivity contribution in [2.75, 3.05) is 0 Å². The monoisotopic (exact) mass is 96.1 g/mol. The quantitative estimate of drug-likeness (QED) is 0.375. The van der Waals surface area contributed by atoms with Crippen molar-refractivity contribution in [3.05, 3.63) is 0 Å². The number of aldehydes is 1. The van der Waals surface area contributed by atoms with Gasteiger partial charge in [-0.2, -0.15) is 0 Å². The fourth-order valence-electron chi connectivity index (χ4n) is 0.260. The summed E-state index contributed by atoms with van der Waals surface area (Å²) in [4.78, 5) is 9.72. The predicted octanol–water partition coefficient (Wildman–Crippen LogP) is 0.798. The van der Waals surface area contributed by atoms with Crippen molar-refractivity contribution in [1.82, 2.24) is 0 Å². The molecular formula is C5H9BO. The van der Waals surface area contributed by atoms with E-state index in [0.29, 0.717) is 18.7 Å². The highest BCUT2D eigenvalue weighted by Crippen LogP contribution is 2.00. The first kappa shape index (κ1) is 6.73. The van der Waals surface area contributed by atoms with Gasteiger partial charge in [0.2, 0.25) is 0 Å². The van der Waals surface area contributed by atoms with Crippen molar-refractivity contribution in [2.24, 2.45) is 5.92 Å². The zero-order valence-electron chi connectivity index (χ0n) is 4.55. The summed E-state index contributed by atoms with van der Waals surface area (Å²) >= 11 is 0. The van der Waals surface area contributed by atoms with Crippen LogP contribution < -0.4 is 0 Å². The maximum absolute atomic E-state index is 9.72. The topological polar surface area (TPSA) is 17.1 Å². The second-order valence-corrected chi connectivity index (χ2v) is 1.74. The molecule has 0 aliphatic rings. The first-order chi connectivity index (χ1) is 3.31. The van der Waals surface area contributed by atoms with Crippen LogP contribution >= 0.6 is 0 Å². The lowest BCUT2D eigenvalue weighted by Gasteiger charge is -1.98. The van der Waals surface area contributed by atoms with Crippen LogP contribution in [-0.4, -0.2) is 14.1 Å². The Balaban J connectivity index is 2.98. The van der Waals surface area contributed by atoms with E-state index in [-0.39, 0.29) is 0 Å². The number of rotatable bonds is 3. The summed E-state index contributed by atoms with van der Waals surface area (Å²) in [6.07, 6.45) is 2.10. The fraction of sp³-hybridized carbons (Fsp3) is 0.800. The number of hydrogen-bond acceptors (Lipinski definition) is 1. The zero-order valence-corrected chi connectivity index (χ0v) is 4.55. The van der Waals surface area contributed by atoms with Gasteiger partial charge in [0.1, 0.15) is 6.29 Å². The highest BCUT2D eigenvalue weighted by atomic mass is 16.1. The Morgan fingerprint density at radius 1 is 1.86 bits per heavy atom. The average Bonchev–Trinajstić information content (AvgIpc) is 1.68. The van der Waals surface area contributed by atoms with Crippen LogP contribution in [0.2, 0.25) is 6.32 Å². The van der Waals surface area contributed by atoms with Crippen LogP contribution in [-0.2, 0) is 4.79 Å². The molecule has 7 heavy (non-hydrogen) atoms. The molecule has 2 radical (unpaired) electrons. The molecule has 0 aromatic rings. The standard InChI is InChI=1S/C5H9BO/c1-5(4-6)2-3-7/h3,5H,2,4H2,1H3. The first-order valence-electron chi connectivity index (χ1n) is 2.45. The first-order valence-corrected chi connectivity index (χ1v) is 2.45. The molecule has 0 saturated carbocycles. The maximum atomic E-state index is 9.72. The Morgan fingerprint density at radius 3 is 2.57 bits per heavy atom. The molecule has 0 rings (SSSR count). The molecule has 0 heterocycles. The van der Waals surface area contributed by atoms with Crippen LogP contribution in [0.15, 0.2) is 0 Å². The van der Waals surface area contributed by atoms with Crippen LogP contribution in [0, 0.1) is 5.92 Å². The SMILES string of the molecule is [B]CC(C)CC=O. The summed E-state index contributed by atoms with van der Waals surface area (Å²) in [6, 6.07) is 0. The van der Waals surface area contributed by atoms with Gasteiger partial charge < -0.3 is 4.79 Å². The zero-order chi connectivity index (χ0) is 5.70.